The molecule has 0 fully saturated rings. The highest BCUT2D eigenvalue weighted by Gasteiger charge is 2.42. The summed E-state index contributed by atoms with van der Waals surface area (Å²) in [5, 5.41) is 0. The van der Waals surface area contributed by atoms with E-state index in [0.717, 1.165) is 29.7 Å². The van der Waals surface area contributed by atoms with Crippen molar-refractivity contribution >= 4 is 5.97 Å². The van der Waals surface area contributed by atoms with Gasteiger partial charge in [0.05, 0.1) is 40.0 Å². The maximum atomic E-state index is 12.6. The van der Waals surface area contributed by atoms with Gasteiger partial charge in [-0.15, -0.1) is 0 Å². The first-order valence-corrected chi connectivity index (χ1v) is 9.44. The zero-order valence-corrected chi connectivity index (χ0v) is 17.3. The van der Waals surface area contributed by atoms with Crippen molar-refractivity contribution in [1.82, 2.24) is 4.90 Å². The molecule has 0 saturated carbocycles. The Balaban J connectivity index is 1.84. The molecule has 0 N–H and O–H groups in total. The average Bonchev–Trinajstić information content (AvgIpc) is 3.06. The van der Waals surface area contributed by atoms with Gasteiger partial charge in [-0.25, -0.2) is 4.79 Å². The molecule has 4 rings (SSSR count). The van der Waals surface area contributed by atoms with Crippen molar-refractivity contribution in [2.24, 2.45) is 0 Å². The average molecular weight is 399 g/mol. The lowest BCUT2D eigenvalue weighted by atomic mass is 9.86. The molecule has 0 spiro atoms. The van der Waals surface area contributed by atoms with Gasteiger partial charge in [0.25, 0.3) is 0 Å². The molecule has 2 atom stereocenters. The zero-order valence-electron chi connectivity index (χ0n) is 17.3. The first-order chi connectivity index (χ1) is 14.0. The number of ether oxygens (including phenoxy) is 5. The molecule has 0 amide bonds. The van der Waals surface area contributed by atoms with E-state index in [9.17, 15) is 4.79 Å². The molecule has 0 aliphatic carbocycles. The van der Waals surface area contributed by atoms with E-state index in [0.29, 0.717) is 28.6 Å². The number of rotatable bonds is 5. The molecule has 2 aliphatic heterocycles. The summed E-state index contributed by atoms with van der Waals surface area (Å²) in [7, 11) is 8.42. The van der Waals surface area contributed by atoms with Crippen LogP contribution in [0.3, 0.4) is 0 Å². The van der Waals surface area contributed by atoms with E-state index in [2.05, 4.69) is 4.90 Å². The number of nitrogens with zero attached hydrogens (tertiary/aromatic N) is 1. The number of carbonyl (C=O) groups is 1. The summed E-state index contributed by atoms with van der Waals surface area (Å²) in [6.07, 6.45) is 0.418. The summed E-state index contributed by atoms with van der Waals surface area (Å²) in [4.78, 5) is 14.9. The lowest BCUT2D eigenvalue weighted by Gasteiger charge is -2.38. The molecule has 0 aromatic heterocycles. The van der Waals surface area contributed by atoms with Crippen LogP contribution in [0.4, 0.5) is 0 Å². The fourth-order valence-electron chi connectivity index (χ4n) is 4.28. The standard InChI is InChI=1S/C22H25NO6/c1-23-7-6-12-8-16(25-2)17(26-3)9-13(12)20(23)21-14-10-18(27-4)19(28-5)11-15(14)22(24)29-21/h8-11,20-21H,6-7H2,1-5H3/t20-,21+/m1/s1. The normalized spacial score (nSPS) is 20.5. The molecule has 2 aromatic carbocycles. The SMILES string of the molecule is COc1cc2c(cc1OC)[C@H]([C@H]1OC(=O)c3cc(OC)c(OC)cc31)N(C)CC2. The second-order valence-electron chi connectivity index (χ2n) is 7.20. The Bertz CT molecular complexity index is 957. The molecule has 7 heteroatoms. The van der Waals surface area contributed by atoms with Gasteiger partial charge in [-0.2, -0.15) is 0 Å². The maximum Gasteiger partial charge on any atom is 0.339 e. The zero-order chi connectivity index (χ0) is 20.7. The van der Waals surface area contributed by atoms with Crippen LogP contribution in [0.2, 0.25) is 0 Å². The summed E-state index contributed by atoms with van der Waals surface area (Å²) >= 11 is 0. The predicted octanol–water partition coefficient (Wildman–Crippen LogP) is 3.16. The van der Waals surface area contributed by atoms with E-state index >= 15 is 0 Å². The van der Waals surface area contributed by atoms with E-state index < -0.39 is 6.10 Å². The van der Waals surface area contributed by atoms with Gasteiger partial charge in [0.1, 0.15) is 6.10 Å². The van der Waals surface area contributed by atoms with Crippen molar-refractivity contribution in [3.63, 3.8) is 0 Å². The smallest absolute Gasteiger partial charge is 0.339 e. The second-order valence-corrected chi connectivity index (χ2v) is 7.20. The molecule has 29 heavy (non-hydrogen) atoms. The molecule has 0 bridgehead atoms. The number of likely N-dealkylation sites (N-methyl/N-ethyl adjacent to an activating group) is 1. The number of benzene rings is 2. The molecule has 2 aliphatic rings. The summed E-state index contributed by atoms with van der Waals surface area (Å²) in [6, 6.07) is 7.38. The second kappa shape index (κ2) is 7.48. The van der Waals surface area contributed by atoms with Gasteiger partial charge in [-0.05, 0) is 48.9 Å². The van der Waals surface area contributed by atoms with Crippen LogP contribution in [0.15, 0.2) is 24.3 Å². The highest BCUT2D eigenvalue weighted by atomic mass is 16.6. The van der Waals surface area contributed by atoms with Crippen LogP contribution in [0.5, 0.6) is 23.0 Å². The predicted molar refractivity (Wildman–Crippen MR) is 106 cm³/mol. The Labute approximate surface area is 170 Å². The van der Waals surface area contributed by atoms with E-state index in [-0.39, 0.29) is 12.0 Å². The number of hydrogen-bond donors (Lipinski definition) is 0. The highest BCUT2D eigenvalue weighted by Crippen LogP contribution is 2.49. The maximum absolute atomic E-state index is 12.6. The Morgan fingerprint density at radius 3 is 2.03 bits per heavy atom. The number of carbonyl (C=O) groups excluding carboxylic acids is 1. The molecular formula is C22H25NO6. The summed E-state index contributed by atoms with van der Waals surface area (Å²) in [6.45, 7) is 0.837. The van der Waals surface area contributed by atoms with Crippen molar-refractivity contribution in [1.29, 1.82) is 0 Å². The van der Waals surface area contributed by atoms with Crippen LogP contribution >= 0.6 is 0 Å². The number of cyclic esters (lactones) is 1. The quantitative estimate of drug-likeness (QED) is 0.716. The minimum atomic E-state index is -0.459. The summed E-state index contributed by atoms with van der Waals surface area (Å²) in [5.41, 5.74) is 3.54. The van der Waals surface area contributed by atoms with Crippen molar-refractivity contribution in [3.8, 4) is 23.0 Å². The number of fused-ring (bicyclic) bond motifs is 2. The fourth-order valence-corrected chi connectivity index (χ4v) is 4.28. The third kappa shape index (κ3) is 3.06. The number of esters is 1. The summed E-state index contributed by atoms with van der Waals surface area (Å²) in [5.74, 6) is 2.08. The van der Waals surface area contributed by atoms with Crippen molar-refractivity contribution in [2.45, 2.75) is 18.6 Å². The Morgan fingerprint density at radius 2 is 1.41 bits per heavy atom. The van der Waals surface area contributed by atoms with Gasteiger partial charge in [0.15, 0.2) is 23.0 Å². The fraction of sp³-hybridized carbons (Fsp3) is 0.409. The molecule has 0 radical (unpaired) electrons. The topological polar surface area (TPSA) is 66.5 Å². The number of hydrogen-bond acceptors (Lipinski definition) is 7. The largest absolute Gasteiger partial charge is 0.493 e. The van der Waals surface area contributed by atoms with Crippen LogP contribution < -0.4 is 18.9 Å². The molecule has 154 valence electrons. The van der Waals surface area contributed by atoms with Gasteiger partial charge in [0, 0.05) is 12.1 Å². The van der Waals surface area contributed by atoms with Crippen LogP contribution in [-0.4, -0.2) is 52.9 Å². The van der Waals surface area contributed by atoms with Gasteiger partial charge in [-0.3, -0.25) is 4.90 Å². The Hall–Kier alpha value is -2.93. The van der Waals surface area contributed by atoms with Crippen LogP contribution in [0.25, 0.3) is 0 Å². The summed E-state index contributed by atoms with van der Waals surface area (Å²) < 4.78 is 27.7. The van der Waals surface area contributed by atoms with Crippen molar-refractivity contribution < 1.29 is 28.5 Å². The van der Waals surface area contributed by atoms with E-state index in [1.807, 2.05) is 25.2 Å². The van der Waals surface area contributed by atoms with Crippen LogP contribution in [0, 0.1) is 0 Å². The van der Waals surface area contributed by atoms with Crippen molar-refractivity contribution in [2.75, 3.05) is 42.0 Å². The molecular weight excluding hydrogens is 374 g/mol. The Morgan fingerprint density at radius 1 is 0.862 bits per heavy atom. The molecule has 7 nitrogen and oxygen atoms in total. The van der Waals surface area contributed by atoms with Crippen molar-refractivity contribution in [3.05, 3.63) is 46.5 Å². The van der Waals surface area contributed by atoms with Crippen LogP contribution in [0.1, 0.15) is 39.2 Å². The molecule has 2 aromatic rings. The Kier molecular flexibility index (Phi) is 5.00. The molecule has 2 heterocycles. The molecule has 0 unspecified atom stereocenters. The lowest BCUT2D eigenvalue weighted by molar-refractivity contribution is 0.00935. The van der Waals surface area contributed by atoms with Gasteiger partial charge in [-0.1, -0.05) is 0 Å². The first-order valence-electron chi connectivity index (χ1n) is 9.44. The van der Waals surface area contributed by atoms with E-state index in [1.54, 1.807) is 34.5 Å². The molecule has 0 saturated heterocycles. The third-order valence-corrected chi connectivity index (χ3v) is 5.78. The van der Waals surface area contributed by atoms with E-state index in [1.165, 1.54) is 0 Å². The van der Waals surface area contributed by atoms with Gasteiger partial charge in [0.2, 0.25) is 0 Å². The highest BCUT2D eigenvalue weighted by molar-refractivity contribution is 5.95. The van der Waals surface area contributed by atoms with E-state index in [4.69, 9.17) is 23.7 Å². The minimum Gasteiger partial charge on any atom is -0.493 e. The minimum absolute atomic E-state index is 0.151. The lowest BCUT2D eigenvalue weighted by Crippen LogP contribution is -2.36. The number of methoxy groups -OCH3 is 4. The van der Waals surface area contributed by atoms with Crippen LogP contribution in [-0.2, 0) is 11.2 Å². The first kappa shape index (κ1) is 19.4. The van der Waals surface area contributed by atoms with Gasteiger partial charge >= 0.3 is 5.97 Å². The third-order valence-electron chi connectivity index (χ3n) is 5.78. The van der Waals surface area contributed by atoms with Gasteiger partial charge < -0.3 is 23.7 Å². The monoisotopic (exact) mass is 399 g/mol.